The van der Waals surface area contributed by atoms with Crippen molar-refractivity contribution in [2.45, 2.75) is 25.3 Å². The van der Waals surface area contributed by atoms with E-state index in [-0.39, 0.29) is 0 Å². The molecule has 102 valence electrons. The predicted octanol–water partition coefficient (Wildman–Crippen LogP) is 3.82. The molecule has 1 rings (SSSR count). The van der Waals surface area contributed by atoms with Gasteiger partial charge >= 0.3 is 0 Å². The van der Waals surface area contributed by atoms with E-state index in [4.69, 9.17) is 16.3 Å². The number of methoxy groups -OCH3 is 1. The van der Waals surface area contributed by atoms with Crippen molar-refractivity contribution in [3.05, 3.63) is 28.8 Å². The van der Waals surface area contributed by atoms with E-state index in [0.717, 1.165) is 30.5 Å². The standard InChI is InChI=1S/C14H22ClNOS/c1-11(2)10-18-14-5-4-13(15)8-12(14)9-16-6-7-17-3/h4-5,8,11,16H,6-7,9-10H2,1-3H3. The Balaban J connectivity index is 2.58. The first-order valence-electron chi connectivity index (χ1n) is 6.24. The first-order chi connectivity index (χ1) is 8.63. The van der Waals surface area contributed by atoms with Crippen LogP contribution in [0.25, 0.3) is 0 Å². The number of rotatable bonds is 8. The quantitative estimate of drug-likeness (QED) is 0.580. The summed E-state index contributed by atoms with van der Waals surface area (Å²) in [6, 6.07) is 6.12. The van der Waals surface area contributed by atoms with Crippen molar-refractivity contribution < 1.29 is 4.74 Å². The van der Waals surface area contributed by atoms with Crippen LogP contribution in [0.15, 0.2) is 23.1 Å². The molecular formula is C14H22ClNOS. The lowest BCUT2D eigenvalue weighted by molar-refractivity contribution is 0.199. The van der Waals surface area contributed by atoms with Gasteiger partial charge in [0.2, 0.25) is 0 Å². The molecule has 1 aromatic carbocycles. The van der Waals surface area contributed by atoms with E-state index < -0.39 is 0 Å². The minimum Gasteiger partial charge on any atom is -0.383 e. The van der Waals surface area contributed by atoms with E-state index in [0.29, 0.717) is 5.92 Å². The summed E-state index contributed by atoms with van der Waals surface area (Å²) in [6.45, 7) is 6.90. The molecule has 0 heterocycles. The van der Waals surface area contributed by atoms with Crippen LogP contribution in [0, 0.1) is 5.92 Å². The Labute approximate surface area is 119 Å². The molecule has 0 amide bonds. The normalized spacial score (nSPS) is 11.2. The third kappa shape index (κ3) is 6.10. The minimum absolute atomic E-state index is 0.694. The number of ether oxygens (including phenoxy) is 1. The Morgan fingerprint density at radius 1 is 1.39 bits per heavy atom. The Hall–Kier alpha value is -0.220. The summed E-state index contributed by atoms with van der Waals surface area (Å²) in [5, 5.41) is 4.16. The van der Waals surface area contributed by atoms with Gasteiger partial charge in [-0.2, -0.15) is 0 Å². The predicted molar refractivity (Wildman–Crippen MR) is 80.6 cm³/mol. The Kier molecular flexibility index (Phi) is 7.75. The molecule has 2 nitrogen and oxygen atoms in total. The van der Waals surface area contributed by atoms with Crippen LogP contribution in [-0.2, 0) is 11.3 Å². The summed E-state index contributed by atoms with van der Waals surface area (Å²) in [4.78, 5) is 1.32. The third-order valence-corrected chi connectivity index (χ3v) is 4.17. The molecule has 0 atom stereocenters. The lowest BCUT2D eigenvalue weighted by atomic mass is 10.2. The van der Waals surface area contributed by atoms with Crippen LogP contribution in [0.2, 0.25) is 5.02 Å². The van der Waals surface area contributed by atoms with E-state index in [1.807, 2.05) is 23.9 Å². The number of halogens is 1. The molecule has 1 aromatic rings. The van der Waals surface area contributed by atoms with Crippen LogP contribution >= 0.6 is 23.4 Å². The summed E-state index contributed by atoms with van der Waals surface area (Å²) < 4.78 is 5.02. The minimum atomic E-state index is 0.694. The maximum atomic E-state index is 6.06. The molecule has 0 aliphatic carbocycles. The second-order valence-corrected chi connectivity index (χ2v) is 6.12. The molecule has 0 saturated heterocycles. The van der Waals surface area contributed by atoms with Crippen molar-refractivity contribution >= 4 is 23.4 Å². The van der Waals surface area contributed by atoms with Crippen LogP contribution in [0.5, 0.6) is 0 Å². The topological polar surface area (TPSA) is 21.3 Å². The zero-order valence-electron chi connectivity index (χ0n) is 11.3. The van der Waals surface area contributed by atoms with Crippen LogP contribution in [-0.4, -0.2) is 26.0 Å². The highest BCUT2D eigenvalue weighted by molar-refractivity contribution is 7.99. The van der Waals surface area contributed by atoms with Gasteiger partial charge in [-0.25, -0.2) is 0 Å². The average molecular weight is 288 g/mol. The molecule has 1 N–H and O–H groups in total. The van der Waals surface area contributed by atoms with Gasteiger partial charge in [-0.15, -0.1) is 11.8 Å². The summed E-state index contributed by atoms with van der Waals surface area (Å²) >= 11 is 7.96. The highest BCUT2D eigenvalue weighted by Crippen LogP contribution is 2.27. The monoisotopic (exact) mass is 287 g/mol. The molecule has 0 radical (unpaired) electrons. The lowest BCUT2D eigenvalue weighted by Crippen LogP contribution is -2.19. The molecule has 0 aliphatic rings. The van der Waals surface area contributed by atoms with Gasteiger partial charge in [0.1, 0.15) is 0 Å². The van der Waals surface area contributed by atoms with E-state index in [1.165, 1.54) is 10.5 Å². The first-order valence-corrected chi connectivity index (χ1v) is 7.60. The Morgan fingerprint density at radius 2 is 2.17 bits per heavy atom. The number of hydrogen-bond donors (Lipinski definition) is 1. The van der Waals surface area contributed by atoms with Crippen LogP contribution in [0.4, 0.5) is 0 Å². The van der Waals surface area contributed by atoms with Gasteiger partial charge in [-0.1, -0.05) is 25.4 Å². The molecule has 0 spiro atoms. The molecule has 0 aliphatic heterocycles. The second-order valence-electron chi connectivity index (χ2n) is 4.63. The van der Waals surface area contributed by atoms with E-state index in [1.54, 1.807) is 7.11 Å². The molecular weight excluding hydrogens is 266 g/mol. The van der Waals surface area contributed by atoms with Crippen LogP contribution in [0.1, 0.15) is 19.4 Å². The molecule has 4 heteroatoms. The fourth-order valence-corrected chi connectivity index (χ4v) is 2.67. The third-order valence-electron chi connectivity index (χ3n) is 2.39. The van der Waals surface area contributed by atoms with Crippen molar-refractivity contribution in [1.29, 1.82) is 0 Å². The van der Waals surface area contributed by atoms with Crippen molar-refractivity contribution in [3.63, 3.8) is 0 Å². The molecule has 0 fully saturated rings. The van der Waals surface area contributed by atoms with Gasteiger partial charge in [-0.05, 0) is 29.7 Å². The molecule has 18 heavy (non-hydrogen) atoms. The maximum absolute atomic E-state index is 6.06. The van der Waals surface area contributed by atoms with Gasteiger partial charge in [0.25, 0.3) is 0 Å². The number of thioether (sulfide) groups is 1. The summed E-state index contributed by atoms with van der Waals surface area (Å²) in [6.07, 6.45) is 0. The first kappa shape index (κ1) is 15.8. The van der Waals surface area contributed by atoms with Gasteiger partial charge in [0.15, 0.2) is 0 Å². The van der Waals surface area contributed by atoms with E-state index in [2.05, 4.69) is 25.2 Å². The van der Waals surface area contributed by atoms with Gasteiger partial charge in [0.05, 0.1) is 6.61 Å². The van der Waals surface area contributed by atoms with Crippen molar-refractivity contribution in [3.8, 4) is 0 Å². The van der Waals surface area contributed by atoms with Gasteiger partial charge < -0.3 is 10.1 Å². The second kappa shape index (κ2) is 8.81. The number of benzene rings is 1. The van der Waals surface area contributed by atoms with E-state index >= 15 is 0 Å². The molecule has 0 unspecified atom stereocenters. The highest BCUT2D eigenvalue weighted by Gasteiger charge is 2.05. The molecule has 0 aromatic heterocycles. The maximum Gasteiger partial charge on any atom is 0.0587 e. The Morgan fingerprint density at radius 3 is 2.83 bits per heavy atom. The van der Waals surface area contributed by atoms with E-state index in [9.17, 15) is 0 Å². The van der Waals surface area contributed by atoms with Gasteiger partial charge in [0, 0.05) is 35.9 Å². The van der Waals surface area contributed by atoms with Crippen LogP contribution in [0.3, 0.4) is 0 Å². The molecule has 0 saturated carbocycles. The zero-order valence-corrected chi connectivity index (χ0v) is 12.9. The number of hydrogen-bond acceptors (Lipinski definition) is 3. The summed E-state index contributed by atoms with van der Waals surface area (Å²) in [5.41, 5.74) is 1.27. The number of nitrogens with one attached hydrogen (secondary N) is 1. The zero-order chi connectivity index (χ0) is 13.4. The largest absolute Gasteiger partial charge is 0.383 e. The highest BCUT2D eigenvalue weighted by atomic mass is 35.5. The van der Waals surface area contributed by atoms with Crippen LogP contribution < -0.4 is 5.32 Å². The summed E-state index contributed by atoms with van der Waals surface area (Å²) in [7, 11) is 1.71. The van der Waals surface area contributed by atoms with Gasteiger partial charge in [-0.3, -0.25) is 0 Å². The smallest absolute Gasteiger partial charge is 0.0587 e. The fourth-order valence-electron chi connectivity index (χ4n) is 1.48. The van der Waals surface area contributed by atoms with Crippen molar-refractivity contribution in [2.24, 2.45) is 5.92 Å². The van der Waals surface area contributed by atoms with Crippen molar-refractivity contribution in [2.75, 3.05) is 26.0 Å². The molecule has 0 bridgehead atoms. The fraction of sp³-hybridized carbons (Fsp3) is 0.571. The van der Waals surface area contributed by atoms with Crippen molar-refractivity contribution in [1.82, 2.24) is 5.32 Å². The average Bonchev–Trinajstić information content (AvgIpc) is 2.33. The lowest BCUT2D eigenvalue weighted by Gasteiger charge is -2.12. The summed E-state index contributed by atoms with van der Waals surface area (Å²) in [5.74, 6) is 1.83. The SMILES string of the molecule is COCCNCc1cc(Cl)ccc1SCC(C)C. The Bertz CT molecular complexity index is 358.